The van der Waals surface area contributed by atoms with Crippen LogP contribution in [0.25, 0.3) is 11.5 Å². The molecule has 3 aromatic rings. The van der Waals surface area contributed by atoms with Gasteiger partial charge in [-0.2, -0.15) is 0 Å². The first kappa shape index (κ1) is 22.5. The van der Waals surface area contributed by atoms with E-state index in [2.05, 4.69) is 10.2 Å². The van der Waals surface area contributed by atoms with Crippen molar-refractivity contribution in [2.45, 2.75) is 23.9 Å². The normalized spacial score (nSPS) is 11.6. The van der Waals surface area contributed by atoms with E-state index >= 15 is 0 Å². The quantitative estimate of drug-likeness (QED) is 0.460. The van der Waals surface area contributed by atoms with Crippen LogP contribution in [-0.2, 0) is 11.3 Å². The van der Waals surface area contributed by atoms with Crippen molar-refractivity contribution in [3.05, 3.63) is 48.0 Å². The first-order valence-electron chi connectivity index (χ1n) is 9.56. The van der Waals surface area contributed by atoms with Crippen molar-refractivity contribution in [3.8, 4) is 28.7 Å². The van der Waals surface area contributed by atoms with Gasteiger partial charge in [-0.1, -0.05) is 42.1 Å². The Morgan fingerprint density at radius 2 is 1.71 bits per heavy atom. The van der Waals surface area contributed by atoms with Crippen molar-refractivity contribution in [2.75, 3.05) is 28.4 Å². The van der Waals surface area contributed by atoms with Crippen LogP contribution in [0.1, 0.15) is 12.5 Å². The molecule has 3 rings (SSSR count). The summed E-state index contributed by atoms with van der Waals surface area (Å²) in [5.74, 6) is 1.70. The van der Waals surface area contributed by atoms with Gasteiger partial charge in [-0.25, -0.2) is 0 Å². The van der Waals surface area contributed by atoms with Gasteiger partial charge in [0.1, 0.15) is 0 Å². The second-order valence-corrected chi connectivity index (χ2v) is 8.02. The molecule has 0 saturated heterocycles. The third kappa shape index (κ3) is 5.29. The fourth-order valence-corrected chi connectivity index (χ4v) is 3.82. The van der Waals surface area contributed by atoms with Crippen molar-refractivity contribution in [2.24, 2.45) is 0 Å². The molecule has 0 radical (unpaired) electrons. The maximum atomic E-state index is 12.7. The van der Waals surface area contributed by atoms with Crippen molar-refractivity contribution in [3.63, 3.8) is 0 Å². The van der Waals surface area contributed by atoms with Gasteiger partial charge < -0.3 is 23.5 Å². The van der Waals surface area contributed by atoms with E-state index in [0.717, 1.165) is 5.56 Å². The number of carbonyl (C=O) groups is 1. The number of nitrogens with zero attached hydrogens (tertiary/aromatic N) is 3. The van der Waals surface area contributed by atoms with Crippen LogP contribution in [0.15, 0.2) is 52.1 Å². The molecule has 8 nitrogen and oxygen atoms in total. The highest BCUT2D eigenvalue weighted by Crippen LogP contribution is 2.41. The van der Waals surface area contributed by atoms with Crippen molar-refractivity contribution >= 4 is 17.7 Å². The third-order valence-corrected chi connectivity index (χ3v) is 5.50. The average Bonchev–Trinajstić information content (AvgIpc) is 3.26. The molecule has 1 amide bonds. The zero-order chi connectivity index (χ0) is 22.4. The van der Waals surface area contributed by atoms with Crippen molar-refractivity contribution in [1.82, 2.24) is 15.1 Å². The number of thioether (sulfide) groups is 1. The summed E-state index contributed by atoms with van der Waals surface area (Å²) in [5, 5.41) is 8.09. The Bertz CT molecular complexity index is 1000. The van der Waals surface area contributed by atoms with Gasteiger partial charge in [-0.15, -0.1) is 10.2 Å². The number of ether oxygens (including phenoxy) is 3. The SMILES string of the molecule is COc1cc(-c2nnc(SC(C)C(=O)N(C)Cc3ccccc3)o2)cc(OC)c1OC. The van der Waals surface area contributed by atoms with Gasteiger partial charge in [0.25, 0.3) is 5.22 Å². The number of hydrogen-bond acceptors (Lipinski definition) is 8. The molecule has 0 bridgehead atoms. The molecule has 9 heteroatoms. The molecule has 1 unspecified atom stereocenters. The number of methoxy groups -OCH3 is 3. The fraction of sp³-hybridized carbons (Fsp3) is 0.318. The third-order valence-electron chi connectivity index (χ3n) is 4.58. The summed E-state index contributed by atoms with van der Waals surface area (Å²) in [6.07, 6.45) is 0. The van der Waals surface area contributed by atoms with Crippen LogP contribution in [0.4, 0.5) is 0 Å². The lowest BCUT2D eigenvalue weighted by molar-refractivity contribution is -0.129. The highest BCUT2D eigenvalue weighted by molar-refractivity contribution is 8.00. The Kier molecular flexibility index (Phi) is 7.41. The van der Waals surface area contributed by atoms with Crippen LogP contribution >= 0.6 is 11.8 Å². The second-order valence-electron chi connectivity index (χ2n) is 6.73. The molecule has 0 aliphatic carbocycles. The van der Waals surface area contributed by atoms with Crippen LogP contribution < -0.4 is 14.2 Å². The zero-order valence-corrected chi connectivity index (χ0v) is 18.9. The maximum Gasteiger partial charge on any atom is 0.277 e. The minimum atomic E-state index is -0.387. The van der Waals surface area contributed by atoms with E-state index in [4.69, 9.17) is 18.6 Å². The molecule has 31 heavy (non-hydrogen) atoms. The molecule has 0 spiro atoms. The van der Waals surface area contributed by atoms with Crippen LogP contribution in [0.5, 0.6) is 17.2 Å². The molecule has 2 aromatic carbocycles. The van der Waals surface area contributed by atoms with Crippen molar-refractivity contribution < 1.29 is 23.4 Å². The standard InChI is InChI=1S/C22H25N3O5S/c1-14(21(26)25(2)13-15-9-7-6-8-10-15)31-22-24-23-20(30-22)16-11-17(27-3)19(29-5)18(12-16)28-4/h6-12,14H,13H2,1-5H3. The molecule has 0 aliphatic rings. The van der Waals surface area contributed by atoms with E-state index in [1.54, 1.807) is 24.1 Å². The monoisotopic (exact) mass is 443 g/mol. The minimum absolute atomic E-state index is 0.0265. The summed E-state index contributed by atoms with van der Waals surface area (Å²) in [5.41, 5.74) is 1.69. The first-order chi connectivity index (χ1) is 15.0. The first-order valence-corrected chi connectivity index (χ1v) is 10.4. The smallest absolute Gasteiger partial charge is 0.277 e. The number of carbonyl (C=O) groups excluding carboxylic acids is 1. The lowest BCUT2D eigenvalue weighted by Crippen LogP contribution is -2.32. The van der Waals surface area contributed by atoms with E-state index in [-0.39, 0.29) is 11.2 Å². The predicted octanol–water partition coefficient (Wildman–Crippen LogP) is 3.90. The highest BCUT2D eigenvalue weighted by atomic mass is 32.2. The number of hydrogen-bond donors (Lipinski definition) is 0. The molecule has 164 valence electrons. The fourth-order valence-electron chi connectivity index (χ4n) is 3.03. The van der Waals surface area contributed by atoms with Gasteiger partial charge in [0.15, 0.2) is 11.5 Å². The molecule has 1 aromatic heterocycles. The lowest BCUT2D eigenvalue weighted by Gasteiger charge is -2.20. The molecule has 0 saturated carbocycles. The van der Waals surface area contributed by atoms with Gasteiger partial charge in [-0.05, 0) is 24.6 Å². The molecular weight excluding hydrogens is 418 g/mol. The molecule has 1 atom stereocenters. The van der Waals surface area contributed by atoms with Crippen LogP contribution in [0, 0.1) is 0 Å². The zero-order valence-electron chi connectivity index (χ0n) is 18.1. The van der Waals surface area contributed by atoms with E-state index in [1.807, 2.05) is 37.3 Å². The van der Waals surface area contributed by atoms with Crippen LogP contribution in [-0.4, -0.2) is 54.6 Å². The van der Waals surface area contributed by atoms with Gasteiger partial charge in [0.2, 0.25) is 17.5 Å². The Balaban J connectivity index is 1.71. The van der Waals surface area contributed by atoms with Crippen LogP contribution in [0.2, 0.25) is 0 Å². The highest BCUT2D eigenvalue weighted by Gasteiger charge is 2.23. The average molecular weight is 444 g/mol. The Morgan fingerprint density at radius 3 is 2.29 bits per heavy atom. The molecular formula is C22H25N3O5S. The predicted molar refractivity (Wildman–Crippen MR) is 118 cm³/mol. The molecule has 1 heterocycles. The van der Waals surface area contributed by atoms with Crippen LogP contribution in [0.3, 0.4) is 0 Å². The van der Waals surface area contributed by atoms with Crippen molar-refractivity contribution in [1.29, 1.82) is 0 Å². The summed E-state index contributed by atoms with van der Waals surface area (Å²) >= 11 is 1.21. The van der Waals surface area contributed by atoms with E-state index in [1.165, 1.54) is 33.1 Å². The lowest BCUT2D eigenvalue weighted by atomic mass is 10.2. The molecule has 0 aliphatic heterocycles. The Labute approximate surface area is 185 Å². The van der Waals surface area contributed by atoms with Gasteiger partial charge >= 0.3 is 0 Å². The summed E-state index contributed by atoms with van der Waals surface area (Å²) in [4.78, 5) is 14.4. The maximum absolute atomic E-state index is 12.7. The number of benzene rings is 2. The number of aromatic nitrogens is 2. The summed E-state index contributed by atoms with van der Waals surface area (Å²) in [6.45, 7) is 2.35. The van der Waals surface area contributed by atoms with Gasteiger partial charge in [0, 0.05) is 19.2 Å². The topological polar surface area (TPSA) is 86.9 Å². The molecule has 0 fully saturated rings. The van der Waals surface area contributed by atoms with Gasteiger partial charge in [-0.3, -0.25) is 4.79 Å². The second kappa shape index (κ2) is 10.2. The molecule has 0 N–H and O–H groups in total. The number of amides is 1. The van der Waals surface area contributed by atoms with E-state index < -0.39 is 0 Å². The minimum Gasteiger partial charge on any atom is -0.493 e. The largest absolute Gasteiger partial charge is 0.493 e. The van der Waals surface area contributed by atoms with E-state index in [0.29, 0.717) is 40.5 Å². The summed E-state index contributed by atoms with van der Waals surface area (Å²) in [6, 6.07) is 13.3. The Hall–Kier alpha value is -3.20. The summed E-state index contributed by atoms with van der Waals surface area (Å²) < 4.78 is 21.9. The Morgan fingerprint density at radius 1 is 1.06 bits per heavy atom. The number of rotatable bonds is 9. The van der Waals surface area contributed by atoms with E-state index in [9.17, 15) is 4.79 Å². The summed E-state index contributed by atoms with van der Waals surface area (Å²) in [7, 11) is 6.39. The van der Waals surface area contributed by atoms with Gasteiger partial charge in [0.05, 0.1) is 26.6 Å².